The first-order chi connectivity index (χ1) is 10.9. The molecule has 4 rings (SSSR count). The van der Waals surface area contributed by atoms with Gasteiger partial charge in [0.05, 0.1) is 22.0 Å². The van der Waals surface area contributed by atoms with Gasteiger partial charge in [-0.05, 0) is 35.7 Å². The third kappa shape index (κ3) is 2.42. The number of fused-ring (bicyclic) bond motifs is 1. The minimum Gasteiger partial charge on any atom is -0.437 e. The molecule has 0 unspecified atom stereocenters. The molecular formula is C17H11N3OS. The Bertz CT molecular complexity index is 908. The number of hydrogen-bond donors (Lipinski definition) is 0. The molecule has 22 heavy (non-hydrogen) atoms. The average molecular weight is 305 g/mol. The van der Waals surface area contributed by atoms with Gasteiger partial charge in [0.15, 0.2) is 5.82 Å². The van der Waals surface area contributed by atoms with Crippen LogP contribution in [0.25, 0.3) is 21.6 Å². The second-order valence-corrected chi connectivity index (χ2v) is 5.59. The van der Waals surface area contributed by atoms with Crippen LogP contribution >= 0.6 is 11.3 Å². The third-order valence-electron chi connectivity index (χ3n) is 3.16. The summed E-state index contributed by atoms with van der Waals surface area (Å²) in [7, 11) is 0. The van der Waals surface area contributed by atoms with Crippen LogP contribution in [0.4, 0.5) is 0 Å². The molecule has 4 nitrogen and oxygen atoms in total. The van der Waals surface area contributed by atoms with Gasteiger partial charge in [-0.1, -0.05) is 18.2 Å². The van der Waals surface area contributed by atoms with Crippen molar-refractivity contribution in [2.75, 3.05) is 0 Å². The summed E-state index contributed by atoms with van der Waals surface area (Å²) in [5.41, 5.74) is 0.861. The Kier molecular flexibility index (Phi) is 3.25. The highest BCUT2D eigenvalue weighted by Gasteiger charge is 2.11. The van der Waals surface area contributed by atoms with Crippen molar-refractivity contribution in [1.82, 2.24) is 15.0 Å². The number of para-hydroxylation sites is 1. The summed E-state index contributed by atoms with van der Waals surface area (Å²) in [6.45, 7) is 0. The normalized spacial score (nSPS) is 10.7. The Hall–Kier alpha value is -2.79. The van der Waals surface area contributed by atoms with E-state index in [2.05, 4.69) is 15.0 Å². The van der Waals surface area contributed by atoms with Crippen LogP contribution in [0.1, 0.15) is 0 Å². The van der Waals surface area contributed by atoms with Crippen molar-refractivity contribution in [1.29, 1.82) is 0 Å². The number of aromatic nitrogens is 3. The lowest BCUT2D eigenvalue weighted by atomic mass is 10.2. The second-order valence-electron chi connectivity index (χ2n) is 4.64. The number of thiophene rings is 1. The molecule has 0 aliphatic carbocycles. The van der Waals surface area contributed by atoms with E-state index in [1.165, 1.54) is 0 Å². The van der Waals surface area contributed by atoms with E-state index in [0.717, 1.165) is 15.8 Å². The molecule has 0 saturated carbocycles. The highest BCUT2D eigenvalue weighted by atomic mass is 32.1. The monoisotopic (exact) mass is 305 g/mol. The Labute approximate surface area is 131 Å². The van der Waals surface area contributed by atoms with E-state index in [4.69, 9.17) is 4.74 Å². The quantitative estimate of drug-likeness (QED) is 0.557. The van der Waals surface area contributed by atoms with Gasteiger partial charge >= 0.3 is 0 Å². The van der Waals surface area contributed by atoms with Gasteiger partial charge in [-0.2, -0.15) is 4.98 Å². The Morgan fingerprint density at radius 2 is 1.86 bits per heavy atom. The fourth-order valence-electron chi connectivity index (χ4n) is 2.16. The Morgan fingerprint density at radius 1 is 0.909 bits per heavy atom. The lowest BCUT2D eigenvalue weighted by Crippen LogP contribution is -1.95. The summed E-state index contributed by atoms with van der Waals surface area (Å²) in [5, 5.41) is 2.89. The van der Waals surface area contributed by atoms with Crippen LogP contribution in [0.2, 0.25) is 0 Å². The van der Waals surface area contributed by atoms with Crippen molar-refractivity contribution in [2.24, 2.45) is 0 Å². The number of pyridine rings is 1. The van der Waals surface area contributed by atoms with Gasteiger partial charge in [0.1, 0.15) is 5.75 Å². The van der Waals surface area contributed by atoms with Crippen molar-refractivity contribution < 1.29 is 4.74 Å². The summed E-state index contributed by atoms with van der Waals surface area (Å²) < 4.78 is 5.92. The number of ether oxygens (including phenoxy) is 1. The van der Waals surface area contributed by atoms with Gasteiger partial charge < -0.3 is 4.74 Å². The topological polar surface area (TPSA) is 47.9 Å². The molecule has 4 aromatic rings. The largest absolute Gasteiger partial charge is 0.437 e. The second kappa shape index (κ2) is 5.54. The Morgan fingerprint density at radius 3 is 2.68 bits per heavy atom. The van der Waals surface area contributed by atoms with Crippen molar-refractivity contribution in [3.63, 3.8) is 0 Å². The highest BCUT2D eigenvalue weighted by molar-refractivity contribution is 7.13. The summed E-state index contributed by atoms with van der Waals surface area (Å²) in [4.78, 5) is 14.3. The van der Waals surface area contributed by atoms with Crippen LogP contribution in [-0.2, 0) is 0 Å². The van der Waals surface area contributed by atoms with Gasteiger partial charge in [-0.25, -0.2) is 4.98 Å². The number of hydrogen-bond acceptors (Lipinski definition) is 5. The van der Waals surface area contributed by atoms with Crippen LogP contribution in [0.5, 0.6) is 11.6 Å². The maximum atomic E-state index is 5.92. The molecular weight excluding hydrogens is 294 g/mol. The van der Waals surface area contributed by atoms with Gasteiger partial charge in [-0.3, -0.25) is 4.98 Å². The summed E-state index contributed by atoms with van der Waals surface area (Å²) in [5.74, 6) is 1.87. The molecule has 0 fully saturated rings. The Balaban J connectivity index is 1.88. The van der Waals surface area contributed by atoms with Crippen LogP contribution < -0.4 is 4.74 Å². The van der Waals surface area contributed by atoms with Crippen LogP contribution in [0, 0.1) is 0 Å². The van der Waals surface area contributed by atoms with Crippen molar-refractivity contribution in [3.8, 4) is 22.3 Å². The van der Waals surface area contributed by atoms with Crippen molar-refractivity contribution >= 4 is 22.2 Å². The molecule has 1 aromatic carbocycles. The lowest BCUT2D eigenvalue weighted by molar-refractivity contribution is 0.467. The summed E-state index contributed by atoms with van der Waals surface area (Å²) in [6, 6.07) is 15.5. The minimum atomic E-state index is 0.544. The van der Waals surface area contributed by atoms with Crippen LogP contribution in [0.15, 0.2) is 66.3 Å². The predicted octanol–water partition coefficient (Wildman–Crippen LogP) is 4.55. The van der Waals surface area contributed by atoms with Gasteiger partial charge in [0.2, 0.25) is 5.88 Å². The van der Waals surface area contributed by atoms with Gasteiger partial charge in [-0.15, -0.1) is 11.3 Å². The zero-order chi connectivity index (χ0) is 14.8. The average Bonchev–Trinajstić information content (AvgIpc) is 3.10. The SMILES string of the molecule is c1cncc(Oc2nc(-c3cccs3)nc3ccccc23)c1. The number of benzene rings is 1. The molecule has 0 radical (unpaired) electrons. The maximum Gasteiger partial charge on any atom is 0.230 e. The first kappa shape index (κ1) is 12.9. The van der Waals surface area contributed by atoms with Gasteiger partial charge in [0.25, 0.3) is 0 Å². The smallest absolute Gasteiger partial charge is 0.230 e. The fraction of sp³-hybridized carbons (Fsp3) is 0. The number of rotatable bonds is 3. The molecule has 0 atom stereocenters. The fourth-order valence-corrected chi connectivity index (χ4v) is 2.82. The lowest BCUT2D eigenvalue weighted by Gasteiger charge is -2.09. The highest BCUT2D eigenvalue weighted by Crippen LogP contribution is 2.31. The minimum absolute atomic E-state index is 0.544. The standard InChI is InChI=1S/C17H11N3OS/c1-2-7-14-13(6-1)17(21-12-5-3-9-18-11-12)20-16(19-14)15-8-4-10-22-15/h1-11H. The third-order valence-corrected chi connectivity index (χ3v) is 4.02. The molecule has 5 heteroatoms. The molecule has 0 saturated heterocycles. The zero-order valence-electron chi connectivity index (χ0n) is 11.5. The summed E-state index contributed by atoms with van der Waals surface area (Å²) in [6.07, 6.45) is 3.38. The zero-order valence-corrected chi connectivity index (χ0v) is 12.3. The van der Waals surface area contributed by atoms with Gasteiger partial charge in [0, 0.05) is 6.20 Å². The molecule has 0 amide bonds. The molecule has 106 valence electrons. The number of nitrogens with zero attached hydrogens (tertiary/aromatic N) is 3. The van der Waals surface area contributed by atoms with E-state index in [0.29, 0.717) is 17.5 Å². The summed E-state index contributed by atoms with van der Waals surface area (Å²) >= 11 is 1.61. The van der Waals surface area contributed by atoms with E-state index >= 15 is 0 Å². The van der Waals surface area contributed by atoms with E-state index in [1.807, 2.05) is 53.9 Å². The van der Waals surface area contributed by atoms with E-state index in [9.17, 15) is 0 Å². The molecule has 0 aliphatic heterocycles. The molecule has 0 aliphatic rings. The van der Waals surface area contributed by atoms with E-state index in [1.54, 1.807) is 23.7 Å². The molecule has 3 heterocycles. The molecule has 0 bridgehead atoms. The van der Waals surface area contributed by atoms with E-state index < -0.39 is 0 Å². The first-order valence-corrected chi connectivity index (χ1v) is 7.67. The van der Waals surface area contributed by atoms with Crippen molar-refractivity contribution in [3.05, 3.63) is 66.3 Å². The molecule has 0 spiro atoms. The maximum absolute atomic E-state index is 5.92. The molecule has 0 N–H and O–H groups in total. The first-order valence-electron chi connectivity index (χ1n) is 6.79. The predicted molar refractivity (Wildman–Crippen MR) is 87.2 cm³/mol. The molecule has 3 aromatic heterocycles. The van der Waals surface area contributed by atoms with Crippen LogP contribution in [0.3, 0.4) is 0 Å². The van der Waals surface area contributed by atoms with Crippen LogP contribution in [-0.4, -0.2) is 15.0 Å². The van der Waals surface area contributed by atoms with E-state index in [-0.39, 0.29) is 0 Å². The van der Waals surface area contributed by atoms with Crippen molar-refractivity contribution in [2.45, 2.75) is 0 Å².